The van der Waals surface area contributed by atoms with Crippen LogP contribution in [-0.2, 0) is 0 Å². The van der Waals surface area contributed by atoms with E-state index < -0.39 is 13.5 Å². The molecule has 2 heteroatoms. The van der Waals surface area contributed by atoms with Gasteiger partial charge in [0.15, 0.2) is 0 Å². The SMILES string of the molecule is [CH3][Ge]([CH3])([CH3])[NH2]. The fourth-order valence-corrected chi connectivity index (χ4v) is 0. The van der Waals surface area contributed by atoms with E-state index in [1.807, 2.05) is 0 Å². The number of nitrogens with two attached hydrogens (primary N) is 1. The fraction of sp³-hybridized carbons (Fsp3) is 1.00. The standard InChI is InChI=1S/C3H11GeN/c1-4(2,3)5/h5H2,1-3H3. The fourth-order valence-electron chi connectivity index (χ4n) is 0. The van der Waals surface area contributed by atoms with Crippen LogP contribution in [0.25, 0.3) is 0 Å². The van der Waals surface area contributed by atoms with Gasteiger partial charge in [-0.25, -0.2) is 0 Å². The van der Waals surface area contributed by atoms with Crippen molar-refractivity contribution in [1.29, 1.82) is 0 Å². The molecule has 1 nitrogen and oxygen atoms in total. The van der Waals surface area contributed by atoms with Crippen LogP contribution in [-0.4, -0.2) is 13.5 Å². The van der Waals surface area contributed by atoms with Crippen LogP contribution in [0.4, 0.5) is 0 Å². The molecule has 0 aromatic heterocycles. The summed E-state index contributed by atoms with van der Waals surface area (Å²) in [6.07, 6.45) is 0. The number of hydrogen-bond acceptors (Lipinski definition) is 1. The van der Waals surface area contributed by atoms with Crippen LogP contribution in [0, 0.1) is 0 Å². The predicted molar refractivity (Wildman–Crippen MR) is 27.5 cm³/mol. The Balaban J connectivity index is 3.02. The first-order chi connectivity index (χ1) is 2.00. The van der Waals surface area contributed by atoms with E-state index in [0.717, 1.165) is 0 Å². The summed E-state index contributed by atoms with van der Waals surface area (Å²) in [5.74, 6) is 6.46. The molecule has 32 valence electrons. The molecule has 0 amide bonds. The van der Waals surface area contributed by atoms with Crippen molar-refractivity contribution >= 4 is 13.5 Å². The molecule has 0 fully saturated rings. The van der Waals surface area contributed by atoms with Crippen molar-refractivity contribution in [1.82, 2.24) is 0 Å². The zero-order chi connectivity index (χ0) is 4.50. The molecule has 0 spiro atoms. The van der Waals surface area contributed by atoms with Gasteiger partial charge in [-0.05, 0) is 0 Å². The summed E-state index contributed by atoms with van der Waals surface area (Å²) < 4.78 is 5.54. The molecule has 0 heterocycles. The Labute approximate surface area is 36.1 Å². The minimum absolute atomic E-state index is 1.50. The Bertz CT molecular complexity index is 22.4. The molecule has 0 aromatic rings. The Kier molecular flexibility index (Phi) is 1.44. The topological polar surface area (TPSA) is 26.0 Å². The minimum atomic E-state index is -1.50. The molecule has 0 aliphatic heterocycles. The quantitative estimate of drug-likeness (QED) is 0.486. The van der Waals surface area contributed by atoms with Crippen molar-refractivity contribution in [2.75, 3.05) is 0 Å². The third-order valence-electron chi connectivity index (χ3n) is 0. The van der Waals surface area contributed by atoms with Gasteiger partial charge in [-0.3, -0.25) is 0 Å². The Morgan fingerprint density at radius 1 is 1.20 bits per heavy atom. The third-order valence-corrected chi connectivity index (χ3v) is 0. The van der Waals surface area contributed by atoms with E-state index >= 15 is 0 Å². The average Bonchev–Trinajstić information content (AvgIpc) is 0.722. The Hall–Kier alpha value is 0.503. The van der Waals surface area contributed by atoms with E-state index in [0.29, 0.717) is 0 Å². The zero-order valence-electron chi connectivity index (χ0n) is 4.08. The first kappa shape index (κ1) is 5.50. The molecular formula is C3H11GeN. The number of hydrogen-bond donors (Lipinski definition) is 1. The van der Waals surface area contributed by atoms with E-state index in [-0.39, 0.29) is 0 Å². The van der Waals surface area contributed by atoms with Gasteiger partial charge in [-0.2, -0.15) is 0 Å². The normalized spacial score (nSPS) is 12.0. The van der Waals surface area contributed by atoms with E-state index in [2.05, 4.69) is 17.3 Å². The van der Waals surface area contributed by atoms with Gasteiger partial charge in [-0.1, -0.05) is 0 Å². The first-order valence-corrected chi connectivity index (χ1v) is 9.29. The van der Waals surface area contributed by atoms with Crippen LogP contribution in [0.15, 0.2) is 0 Å². The molecule has 0 radical (unpaired) electrons. The van der Waals surface area contributed by atoms with Gasteiger partial charge in [0.05, 0.1) is 0 Å². The number of rotatable bonds is 0. The summed E-state index contributed by atoms with van der Waals surface area (Å²) in [6.45, 7) is 0. The summed E-state index contributed by atoms with van der Waals surface area (Å²) in [5, 5.41) is 0. The molecule has 5 heavy (non-hydrogen) atoms. The van der Waals surface area contributed by atoms with Gasteiger partial charge >= 0.3 is 35.4 Å². The predicted octanol–water partition coefficient (Wildman–Crippen LogP) is 0.780. The van der Waals surface area contributed by atoms with Crippen molar-refractivity contribution in [2.24, 2.45) is 4.69 Å². The molecule has 0 aliphatic rings. The summed E-state index contributed by atoms with van der Waals surface area (Å²) in [6, 6.07) is 0. The summed E-state index contributed by atoms with van der Waals surface area (Å²) in [5.41, 5.74) is 0. The zero-order valence-corrected chi connectivity index (χ0v) is 6.18. The van der Waals surface area contributed by atoms with E-state index in [4.69, 9.17) is 4.69 Å². The maximum atomic E-state index is 5.54. The van der Waals surface area contributed by atoms with E-state index in [1.54, 1.807) is 0 Å². The van der Waals surface area contributed by atoms with Crippen molar-refractivity contribution < 1.29 is 0 Å². The summed E-state index contributed by atoms with van der Waals surface area (Å²) in [7, 11) is 0. The van der Waals surface area contributed by atoms with Crippen LogP contribution in [0.1, 0.15) is 0 Å². The molecule has 0 saturated heterocycles. The van der Waals surface area contributed by atoms with Gasteiger partial charge in [0.1, 0.15) is 0 Å². The molecule has 0 unspecified atom stereocenters. The van der Waals surface area contributed by atoms with E-state index in [1.165, 1.54) is 0 Å². The Morgan fingerprint density at radius 3 is 1.20 bits per heavy atom. The van der Waals surface area contributed by atoms with Crippen LogP contribution in [0.5, 0.6) is 0 Å². The maximum absolute atomic E-state index is 5.54. The molecular weight excluding hydrogens is 123 g/mol. The summed E-state index contributed by atoms with van der Waals surface area (Å²) in [4.78, 5) is 0. The van der Waals surface area contributed by atoms with Crippen LogP contribution < -0.4 is 4.69 Å². The van der Waals surface area contributed by atoms with Crippen LogP contribution in [0.2, 0.25) is 17.3 Å². The van der Waals surface area contributed by atoms with E-state index in [9.17, 15) is 0 Å². The molecule has 0 aliphatic carbocycles. The van der Waals surface area contributed by atoms with Gasteiger partial charge < -0.3 is 0 Å². The van der Waals surface area contributed by atoms with Crippen LogP contribution >= 0.6 is 0 Å². The van der Waals surface area contributed by atoms with Crippen molar-refractivity contribution in [3.05, 3.63) is 0 Å². The second kappa shape index (κ2) is 1.31. The molecule has 0 rings (SSSR count). The molecule has 0 atom stereocenters. The second-order valence-electron chi connectivity index (χ2n) is 2.37. The molecule has 0 aromatic carbocycles. The molecule has 2 N–H and O–H groups in total. The van der Waals surface area contributed by atoms with Crippen LogP contribution in [0.3, 0.4) is 0 Å². The Morgan fingerprint density at radius 2 is 1.20 bits per heavy atom. The summed E-state index contributed by atoms with van der Waals surface area (Å²) >= 11 is -1.50. The monoisotopic (exact) mass is 135 g/mol. The second-order valence-corrected chi connectivity index (χ2v) is 12.3. The van der Waals surface area contributed by atoms with Gasteiger partial charge in [0.25, 0.3) is 0 Å². The molecule has 0 bridgehead atoms. The molecule has 0 saturated carbocycles. The average molecular weight is 134 g/mol. The first-order valence-electron chi connectivity index (χ1n) is 1.79. The van der Waals surface area contributed by atoms with Gasteiger partial charge in [-0.15, -0.1) is 0 Å². The van der Waals surface area contributed by atoms with Gasteiger partial charge in [0.2, 0.25) is 0 Å². The van der Waals surface area contributed by atoms with Gasteiger partial charge in [0, 0.05) is 0 Å². The van der Waals surface area contributed by atoms with Crippen molar-refractivity contribution in [3.8, 4) is 0 Å². The van der Waals surface area contributed by atoms with Crippen molar-refractivity contribution in [3.63, 3.8) is 0 Å². The third kappa shape index (κ3) is 112. The van der Waals surface area contributed by atoms with Crippen molar-refractivity contribution in [2.45, 2.75) is 17.3 Å².